The Morgan fingerprint density at radius 3 is 2.56 bits per heavy atom. The first-order valence-electron chi connectivity index (χ1n) is 8.47. The van der Waals surface area contributed by atoms with Crippen LogP contribution in [0.2, 0.25) is 0 Å². The van der Waals surface area contributed by atoms with Gasteiger partial charge in [-0.15, -0.1) is 0 Å². The van der Waals surface area contributed by atoms with Gasteiger partial charge in [-0.2, -0.15) is 0 Å². The zero-order valence-corrected chi connectivity index (χ0v) is 14.8. The third-order valence-corrected chi connectivity index (χ3v) is 4.24. The number of rotatable bonds is 5. The molecule has 3 aromatic rings. The monoisotopic (exact) mass is 337 g/mol. The molecule has 6 nitrogen and oxygen atoms in total. The van der Waals surface area contributed by atoms with E-state index in [1.54, 1.807) is 0 Å². The number of benzene rings is 1. The van der Waals surface area contributed by atoms with Gasteiger partial charge in [0.15, 0.2) is 0 Å². The number of amides is 2. The van der Waals surface area contributed by atoms with Gasteiger partial charge in [-0.3, -0.25) is 9.55 Å². The molecule has 2 aromatic heterocycles. The molecule has 0 aliphatic carbocycles. The maximum Gasteiger partial charge on any atom is 0.312 e. The van der Waals surface area contributed by atoms with Gasteiger partial charge in [0, 0.05) is 24.3 Å². The number of aromatic nitrogens is 3. The number of nitrogens with two attached hydrogens (primary N) is 1. The molecule has 0 spiro atoms. The van der Waals surface area contributed by atoms with Crippen molar-refractivity contribution in [1.29, 1.82) is 0 Å². The SMILES string of the molecule is CCc1nc2c(C)nc(C)cc2n1-c1ccc(CCNC(N)=O)cc1. The largest absolute Gasteiger partial charge is 0.352 e. The van der Waals surface area contributed by atoms with E-state index < -0.39 is 6.03 Å². The van der Waals surface area contributed by atoms with Gasteiger partial charge >= 0.3 is 6.03 Å². The van der Waals surface area contributed by atoms with E-state index in [2.05, 4.69) is 52.1 Å². The second kappa shape index (κ2) is 6.93. The lowest BCUT2D eigenvalue weighted by Crippen LogP contribution is -2.30. The normalized spacial score (nSPS) is 11.0. The highest BCUT2D eigenvalue weighted by molar-refractivity contribution is 5.80. The number of primary amides is 1. The van der Waals surface area contributed by atoms with Crippen LogP contribution in [-0.4, -0.2) is 27.1 Å². The highest BCUT2D eigenvalue weighted by Gasteiger charge is 2.14. The molecule has 0 radical (unpaired) electrons. The zero-order chi connectivity index (χ0) is 18.0. The van der Waals surface area contributed by atoms with Crippen LogP contribution in [0.4, 0.5) is 4.79 Å². The third kappa shape index (κ3) is 3.47. The van der Waals surface area contributed by atoms with Crippen molar-refractivity contribution in [3.8, 4) is 5.69 Å². The quantitative estimate of drug-likeness (QED) is 0.750. The molecule has 0 saturated heterocycles. The molecular formula is C19H23N5O. The third-order valence-electron chi connectivity index (χ3n) is 4.24. The maximum absolute atomic E-state index is 10.7. The van der Waals surface area contributed by atoms with Crippen molar-refractivity contribution in [3.05, 3.63) is 53.1 Å². The van der Waals surface area contributed by atoms with Crippen molar-refractivity contribution < 1.29 is 4.79 Å². The Morgan fingerprint density at radius 2 is 1.92 bits per heavy atom. The van der Waals surface area contributed by atoms with Crippen LogP contribution in [-0.2, 0) is 12.8 Å². The molecule has 2 heterocycles. The summed E-state index contributed by atoms with van der Waals surface area (Å²) in [5, 5.41) is 2.61. The van der Waals surface area contributed by atoms with Crippen LogP contribution in [0.1, 0.15) is 29.7 Å². The van der Waals surface area contributed by atoms with Crippen molar-refractivity contribution in [2.45, 2.75) is 33.6 Å². The fraction of sp³-hybridized carbons (Fsp3) is 0.316. The summed E-state index contributed by atoms with van der Waals surface area (Å²) < 4.78 is 2.20. The van der Waals surface area contributed by atoms with Crippen LogP contribution in [0.5, 0.6) is 0 Å². The first-order chi connectivity index (χ1) is 12.0. The molecule has 25 heavy (non-hydrogen) atoms. The van der Waals surface area contributed by atoms with Crippen LogP contribution in [0, 0.1) is 13.8 Å². The van der Waals surface area contributed by atoms with E-state index in [1.807, 2.05) is 13.8 Å². The van der Waals surface area contributed by atoms with E-state index in [4.69, 9.17) is 10.7 Å². The molecule has 0 atom stereocenters. The van der Waals surface area contributed by atoms with E-state index in [0.29, 0.717) is 6.54 Å². The highest BCUT2D eigenvalue weighted by atomic mass is 16.2. The number of pyridine rings is 1. The van der Waals surface area contributed by atoms with Gasteiger partial charge in [-0.05, 0) is 44.0 Å². The zero-order valence-electron chi connectivity index (χ0n) is 14.8. The number of urea groups is 1. The van der Waals surface area contributed by atoms with Crippen LogP contribution >= 0.6 is 0 Å². The number of imidazole rings is 1. The number of nitrogens with one attached hydrogen (secondary N) is 1. The smallest absolute Gasteiger partial charge is 0.312 e. The van der Waals surface area contributed by atoms with E-state index >= 15 is 0 Å². The Morgan fingerprint density at radius 1 is 1.20 bits per heavy atom. The van der Waals surface area contributed by atoms with Crippen molar-refractivity contribution in [3.63, 3.8) is 0 Å². The molecule has 3 rings (SSSR count). The Bertz CT molecular complexity index is 912. The highest BCUT2D eigenvalue weighted by Crippen LogP contribution is 2.24. The van der Waals surface area contributed by atoms with E-state index in [0.717, 1.165) is 52.3 Å². The lowest BCUT2D eigenvalue weighted by Gasteiger charge is -2.10. The van der Waals surface area contributed by atoms with Gasteiger partial charge in [0.05, 0.1) is 11.2 Å². The summed E-state index contributed by atoms with van der Waals surface area (Å²) in [4.78, 5) is 20.0. The number of aryl methyl sites for hydroxylation is 3. The Balaban J connectivity index is 1.97. The fourth-order valence-electron chi connectivity index (χ4n) is 3.10. The van der Waals surface area contributed by atoms with Crippen molar-refractivity contribution in [2.24, 2.45) is 5.73 Å². The average molecular weight is 337 g/mol. The Hall–Kier alpha value is -2.89. The molecule has 1 aromatic carbocycles. The molecular weight excluding hydrogens is 314 g/mol. The molecule has 6 heteroatoms. The molecule has 0 bridgehead atoms. The lowest BCUT2D eigenvalue weighted by molar-refractivity contribution is 0.249. The minimum Gasteiger partial charge on any atom is -0.352 e. The van der Waals surface area contributed by atoms with Gasteiger partial charge in [0.1, 0.15) is 11.3 Å². The number of carbonyl (C=O) groups is 1. The standard InChI is InChI=1S/C19H23N5O/c1-4-17-23-18-13(3)22-12(2)11-16(18)24(17)15-7-5-14(6-8-15)9-10-21-19(20)25/h5-8,11H,4,9-10H2,1-3H3,(H3,20,21,25). The van der Waals surface area contributed by atoms with Crippen molar-refractivity contribution in [2.75, 3.05) is 6.54 Å². The van der Waals surface area contributed by atoms with Crippen molar-refractivity contribution in [1.82, 2.24) is 19.9 Å². The summed E-state index contributed by atoms with van der Waals surface area (Å²) >= 11 is 0. The summed E-state index contributed by atoms with van der Waals surface area (Å²) in [6.07, 6.45) is 1.59. The van der Waals surface area contributed by atoms with Gasteiger partial charge in [0.2, 0.25) is 0 Å². The predicted octanol–water partition coefficient (Wildman–Crippen LogP) is 2.81. The molecule has 130 valence electrons. The minimum atomic E-state index is -0.492. The van der Waals surface area contributed by atoms with Gasteiger partial charge in [-0.1, -0.05) is 19.1 Å². The summed E-state index contributed by atoms with van der Waals surface area (Å²) in [7, 11) is 0. The molecule has 0 aliphatic rings. The number of carbonyl (C=O) groups excluding carboxylic acids is 1. The summed E-state index contributed by atoms with van der Waals surface area (Å²) in [6, 6.07) is 9.91. The van der Waals surface area contributed by atoms with E-state index in [1.165, 1.54) is 0 Å². The second-order valence-corrected chi connectivity index (χ2v) is 6.14. The number of fused-ring (bicyclic) bond motifs is 1. The molecule has 2 amide bonds. The second-order valence-electron chi connectivity index (χ2n) is 6.14. The van der Waals surface area contributed by atoms with Crippen LogP contribution in [0.15, 0.2) is 30.3 Å². The van der Waals surface area contributed by atoms with Gasteiger partial charge in [0.25, 0.3) is 0 Å². The fourth-order valence-corrected chi connectivity index (χ4v) is 3.10. The summed E-state index contributed by atoms with van der Waals surface area (Å²) in [6.45, 7) is 6.65. The lowest BCUT2D eigenvalue weighted by atomic mass is 10.1. The van der Waals surface area contributed by atoms with E-state index in [-0.39, 0.29) is 0 Å². The number of hydrogen-bond acceptors (Lipinski definition) is 3. The Kier molecular flexibility index (Phi) is 4.70. The summed E-state index contributed by atoms with van der Waals surface area (Å²) in [5.74, 6) is 1.02. The minimum absolute atomic E-state index is 0.492. The molecule has 0 aliphatic heterocycles. The molecule has 0 saturated carbocycles. The van der Waals surface area contributed by atoms with Crippen LogP contribution in [0.25, 0.3) is 16.7 Å². The van der Waals surface area contributed by atoms with Crippen LogP contribution in [0.3, 0.4) is 0 Å². The van der Waals surface area contributed by atoms with Gasteiger partial charge in [-0.25, -0.2) is 9.78 Å². The summed E-state index contributed by atoms with van der Waals surface area (Å²) in [5.41, 5.74) is 11.3. The van der Waals surface area contributed by atoms with E-state index in [9.17, 15) is 4.79 Å². The molecule has 0 unspecified atom stereocenters. The molecule has 0 fully saturated rings. The van der Waals surface area contributed by atoms with Crippen molar-refractivity contribution >= 4 is 17.1 Å². The molecule has 3 N–H and O–H groups in total. The van der Waals surface area contributed by atoms with Gasteiger partial charge < -0.3 is 11.1 Å². The average Bonchev–Trinajstić information content (AvgIpc) is 2.94. The number of hydrogen-bond donors (Lipinski definition) is 2. The topological polar surface area (TPSA) is 85.8 Å². The maximum atomic E-state index is 10.7. The number of nitrogens with zero attached hydrogens (tertiary/aromatic N) is 3. The first kappa shape index (κ1) is 17.0. The Labute approximate surface area is 147 Å². The predicted molar refractivity (Wildman–Crippen MR) is 99.0 cm³/mol. The van der Waals surface area contributed by atoms with Crippen LogP contribution < -0.4 is 11.1 Å². The first-order valence-corrected chi connectivity index (χ1v) is 8.47.